The van der Waals surface area contributed by atoms with Gasteiger partial charge in [-0.15, -0.1) is 5.10 Å². The van der Waals surface area contributed by atoms with Gasteiger partial charge in [0.15, 0.2) is 11.6 Å². The zero-order valence-electron chi connectivity index (χ0n) is 16.4. The highest BCUT2D eigenvalue weighted by Gasteiger charge is 2.42. The van der Waals surface area contributed by atoms with Crippen LogP contribution in [-0.4, -0.2) is 48.5 Å². The Kier molecular flexibility index (Phi) is 4.83. The molecule has 0 aliphatic carbocycles. The fourth-order valence-corrected chi connectivity index (χ4v) is 3.53. The number of anilines is 1. The molecule has 0 N–H and O–H groups in total. The van der Waals surface area contributed by atoms with Crippen LogP contribution in [0.15, 0.2) is 34.9 Å². The predicted molar refractivity (Wildman–Crippen MR) is 102 cm³/mol. The maximum absolute atomic E-state index is 13.1. The van der Waals surface area contributed by atoms with Gasteiger partial charge in [-0.3, -0.25) is 4.79 Å². The quantitative estimate of drug-likeness (QED) is 0.589. The number of aryl methyl sites for hydroxylation is 1. The molecule has 3 heterocycles. The van der Waals surface area contributed by atoms with Crippen LogP contribution in [0.2, 0.25) is 0 Å². The summed E-state index contributed by atoms with van der Waals surface area (Å²) in [5.74, 6) is 0.795. The summed E-state index contributed by atoms with van der Waals surface area (Å²) in [6, 6.07) is 9.12. The molecule has 3 aromatic rings. The van der Waals surface area contributed by atoms with Gasteiger partial charge < -0.3 is 9.42 Å². The van der Waals surface area contributed by atoms with Crippen LogP contribution in [0.5, 0.6) is 0 Å². The number of nitrogens with zero attached hydrogens (tertiary/aromatic N) is 7. The molecular formula is C19H21N7O3. The topological polar surface area (TPSA) is 110 Å². The lowest BCUT2D eigenvalue weighted by molar-refractivity contribution is -0.116. The minimum atomic E-state index is -0.392. The van der Waals surface area contributed by atoms with Crippen molar-refractivity contribution in [1.29, 1.82) is 0 Å². The Morgan fingerprint density at radius 1 is 1.17 bits per heavy atom. The standard InChI is InChI=1S/C19H21N7O3/c1-4-15(14-8-6-5-7-9-14)24-11-17(27)26(19(24)28)18-12(2)25(23-21-18)10-16-20-13(3)29-22-16/h5-9,15H,4,10-11H2,1-3H3/t15-/m0/s1. The molecule has 1 aromatic carbocycles. The van der Waals surface area contributed by atoms with E-state index in [0.717, 1.165) is 10.5 Å². The molecule has 150 valence electrons. The second-order valence-corrected chi connectivity index (χ2v) is 6.86. The second kappa shape index (κ2) is 7.46. The largest absolute Gasteiger partial charge is 0.340 e. The van der Waals surface area contributed by atoms with Gasteiger partial charge in [0.25, 0.3) is 5.91 Å². The van der Waals surface area contributed by atoms with Gasteiger partial charge in [0.05, 0.1) is 11.7 Å². The van der Waals surface area contributed by atoms with Crippen molar-refractivity contribution in [3.63, 3.8) is 0 Å². The highest BCUT2D eigenvalue weighted by atomic mass is 16.5. The van der Waals surface area contributed by atoms with E-state index >= 15 is 0 Å². The van der Waals surface area contributed by atoms with Crippen LogP contribution in [0.4, 0.5) is 10.6 Å². The average Bonchev–Trinajstić information content (AvgIpc) is 3.37. The number of carbonyl (C=O) groups excluding carboxylic acids is 2. The molecule has 1 atom stereocenters. The van der Waals surface area contributed by atoms with Crippen molar-refractivity contribution in [2.24, 2.45) is 0 Å². The van der Waals surface area contributed by atoms with E-state index in [1.165, 1.54) is 4.68 Å². The summed E-state index contributed by atoms with van der Waals surface area (Å²) in [4.78, 5) is 32.7. The fourth-order valence-electron chi connectivity index (χ4n) is 3.53. The molecule has 0 radical (unpaired) electrons. The number of hydrogen-bond donors (Lipinski definition) is 0. The van der Waals surface area contributed by atoms with Crippen LogP contribution in [0, 0.1) is 13.8 Å². The molecule has 3 amide bonds. The van der Waals surface area contributed by atoms with Gasteiger partial charge in [-0.1, -0.05) is 47.6 Å². The molecule has 1 aliphatic heterocycles. The Labute approximate surface area is 167 Å². The third-order valence-electron chi connectivity index (χ3n) is 4.97. The molecule has 0 unspecified atom stereocenters. The third-order valence-corrected chi connectivity index (χ3v) is 4.97. The molecule has 29 heavy (non-hydrogen) atoms. The number of aromatic nitrogens is 5. The van der Waals surface area contributed by atoms with Crippen molar-refractivity contribution >= 4 is 17.8 Å². The van der Waals surface area contributed by atoms with Crippen LogP contribution in [0.25, 0.3) is 0 Å². The van der Waals surface area contributed by atoms with Crippen LogP contribution in [-0.2, 0) is 11.3 Å². The third kappa shape index (κ3) is 3.37. The molecule has 1 saturated heterocycles. The monoisotopic (exact) mass is 395 g/mol. The minimum absolute atomic E-state index is 0.00255. The molecular weight excluding hydrogens is 374 g/mol. The van der Waals surface area contributed by atoms with E-state index in [-0.39, 0.29) is 30.9 Å². The Balaban J connectivity index is 1.59. The summed E-state index contributed by atoms with van der Waals surface area (Å²) >= 11 is 0. The second-order valence-electron chi connectivity index (χ2n) is 6.86. The van der Waals surface area contributed by atoms with Crippen molar-refractivity contribution < 1.29 is 14.1 Å². The van der Waals surface area contributed by atoms with Crippen LogP contribution < -0.4 is 4.90 Å². The number of benzene rings is 1. The molecule has 0 saturated carbocycles. The highest BCUT2D eigenvalue weighted by Crippen LogP contribution is 2.31. The van der Waals surface area contributed by atoms with Crippen LogP contribution >= 0.6 is 0 Å². The Bertz CT molecular complexity index is 1040. The Morgan fingerprint density at radius 3 is 2.59 bits per heavy atom. The maximum atomic E-state index is 13.1. The van der Waals surface area contributed by atoms with E-state index in [1.54, 1.807) is 18.7 Å². The number of urea groups is 1. The first-order valence-electron chi connectivity index (χ1n) is 9.37. The van der Waals surface area contributed by atoms with E-state index in [1.807, 2.05) is 37.3 Å². The Hall–Kier alpha value is -3.56. The van der Waals surface area contributed by atoms with Gasteiger partial charge in [-0.05, 0) is 18.9 Å². The van der Waals surface area contributed by atoms with E-state index in [9.17, 15) is 9.59 Å². The van der Waals surface area contributed by atoms with Crippen LogP contribution in [0.3, 0.4) is 0 Å². The number of carbonyl (C=O) groups is 2. The van der Waals surface area contributed by atoms with Crippen molar-refractivity contribution in [1.82, 2.24) is 30.0 Å². The Morgan fingerprint density at radius 2 is 1.93 bits per heavy atom. The molecule has 0 spiro atoms. The summed E-state index contributed by atoms with van der Waals surface area (Å²) in [5.41, 5.74) is 1.56. The SMILES string of the molecule is CC[C@@H](c1ccccc1)N1CC(=O)N(c2nnn(Cc3noc(C)n3)c2C)C1=O. The van der Waals surface area contributed by atoms with E-state index < -0.39 is 6.03 Å². The van der Waals surface area contributed by atoms with Crippen LogP contribution in [0.1, 0.15) is 42.4 Å². The predicted octanol–water partition coefficient (Wildman–Crippen LogP) is 2.25. The molecule has 10 heteroatoms. The van der Waals surface area contributed by atoms with E-state index in [0.29, 0.717) is 23.8 Å². The summed E-state index contributed by atoms with van der Waals surface area (Å²) in [5, 5.41) is 12.0. The van der Waals surface area contributed by atoms with Gasteiger partial charge in [0.1, 0.15) is 13.1 Å². The van der Waals surface area contributed by atoms with Gasteiger partial charge >= 0.3 is 6.03 Å². The molecule has 1 aliphatic rings. The zero-order chi connectivity index (χ0) is 20.5. The molecule has 4 rings (SSSR count). The molecule has 10 nitrogen and oxygen atoms in total. The van der Waals surface area contributed by atoms with Gasteiger partial charge in [0.2, 0.25) is 5.89 Å². The summed E-state index contributed by atoms with van der Waals surface area (Å²) in [6.45, 7) is 5.68. The molecule has 2 aromatic heterocycles. The first-order valence-corrected chi connectivity index (χ1v) is 9.37. The van der Waals surface area contributed by atoms with Gasteiger partial charge in [-0.2, -0.15) is 4.98 Å². The van der Waals surface area contributed by atoms with Crippen molar-refractivity contribution in [2.45, 2.75) is 39.8 Å². The lowest BCUT2D eigenvalue weighted by Gasteiger charge is -2.26. The van der Waals surface area contributed by atoms with Gasteiger partial charge in [0, 0.05) is 6.92 Å². The van der Waals surface area contributed by atoms with E-state index in [4.69, 9.17) is 4.52 Å². The van der Waals surface area contributed by atoms with Crippen molar-refractivity contribution in [2.75, 3.05) is 11.4 Å². The molecule has 0 bridgehead atoms. The number of imide groups is 1. The smallest absolute Gasteiger partial charge is 0.333 e. The highest BCUT2D eigenvalue weighted by molar-refractivity contribution is 6.19. The van der Waals surface area contributed by atoms with Gasteiger partial charge in [-0.25, -0.2) is 14.4 Å². The molecule has 1 fully saturated rings. The minimum Gasteiger partial charge on any atom is -0.340 e. The lowest BCUT2D eigenvalue weighted by atomic mass is 10.0. The van der Waals surface area contributed by atoms with Crippen molar-refractivity contribution in [3.8, 4) is 0 Å². The van der Waals surface area contributed by atoms with E-state index in [2.05, 4.69) is 20.5 Å². The normalized spacial score (nSPS) is 15.4. The summed E-state index contributed by atoms with van der Waals surface area (Å²) < 4.78 is 6.50. The number of rotatable bonds is 6. The lowest BCUT2D eigenvalue weighted by Crippen LogP contribution is -2.35. The maximum Gasteiger partial charge on any atom is 0.333 e. The van der Waals surface area contributed by atoms with Crippen molar-refractivity contribution in [3.05, 3.63) is 53.3 Å². The fraction of sp³-hybridized carbons (Fsp3) is 0.368. The first-order chi connectivity index (χ1) is 14.0. The zero-order valence-corrected chi connectivity index (χ0v) is 16.4. The summed E-state index contributed by atoms with van der Waals surface area (Å²) in [7, 11) is 0. The number of hydrogen-bond acceptors (Lipinski definition) is 7. The summed E-state index contributed by atoms with van der Waals surface area (Å²) in [6.07, 6.45) is 0.694. The first kappa shape index (κ1) is 18.8. The average molecular weight is 395 g/mol. The number of amides is 3.